The van der Waals surface area contributed by atoms with Gasteiger partial charge >= 0.3 is 5.97 Å². The maximum Gasteiger partial charge on any atom is 0.326 e. The van der Waals surface area contributed by atoms with E-state index in [9.17, 15) is 14.4 Å². The Labute approximate surface area is 111 Å². The van der Waals surface area contributed by atoms with Gasteiger partial charge in [0.2, 0.25) is 11.8 Å². The number of amides is 2. The van der Waals surface area contributed by atoms with E-state index in [0.717, 1.165) is 32.4 Å². The molecular weight excluding hydrogens is 250 g/mol. The number of nitrogens with two attached hydrogens (primary N) is 1. The van der Waals surface area contributed by atoms with Crippen LogP contribution in [-0.4, -0.2) is 42.0 Å². The highest BCUT2D eigenvalue weighted by Crippen LogP contribution is 2.15. The van der Waals surface area contributed by atoms with Crippen molar-refractivity contribution in [1.82, 2.24) is 10.6 Å². The van der Waals surface area contributed by atoms with Gasteiger partial charge in [-0.25, -0.2) is 4.79 Å². The van der Waals surface area contributed by atoms with Crippen molar-refractivity contribution in [3.05, 3.63) is 0 Å². The highest BCUT2D eigenvalue weighted by molar-refractivity contribution is 5.88. The normalized spacial score (nSPS) is 20.5. The summed E-state index contributed by atoms with van der Waals surface area (Å²) in [5, 5.41) is 14.4. The van der Waals surface area contributed by atoms with Gasteiger partial charge < -0.3 is 21.5 Å². The Kier molecular flexibility index (Phi) is 6.27. The average Bonchev–Trinajstić information content (AvgIpc) is 2.36. The molecule has 1 heterocycles. The fourth-order valence-electron chi connectivity index (χ4n) is 2.17. The summed E-state index contributed by atoms with van der Waals surface area (Å²) in [4.78, 5) is 33.2. The lowest BCUT2D eigenvalue weighted by atomic mass is 9.94. The fraction of sp³-hybridized carbons (Fsp3) is 0.750. The third-order valence-corrected chi connectivity index (χ3v) is 3.22. The van der Waals surface area contributed by atoms with Crippen LogP contribution in [0.5, 0.6) is 0 Å². The monoisotopic (exact) mass is 271 g/mol. The molecule has 19 heavy (non-hydrogen) atoms. The van der Waals surface area contributed by atoms with Crippen molar-refractivity contribution in [2.45, 2.75) is 38.1 Å². The molecule has 1 aliphatic heterocycles. The standard InChI is InChI=1S/C12H21N3O4/c13-10(16)6-9(12(18)19)15-11(17)4-3-8-2-1-5-14-7-8/h8-9,14H,1-7H2,(H2,13,16)(H,15,17)(H,18,19)/t8?,9-/m1/s1. The van der Waals surface area contributed by atoms with E-state index in [2.05, 4.69) is 10.6 Å². The van der Waals surface area contributed by atoms with Crippen LogP contribution in [0.2, 0.25) is 0 Å². The molecule has 5 N–H and O–H groups in total. The van der Waals surface area contributed by atoms with Gasteiger partial charge in [-0.2, -0.15) is 0 Å². The molecule has 0 spiro atoms. The first-order valence-electron chi connectivity index (χ1n) is 6.50. The summed E-state index contributed by atoms with van der Waals surface area (Å²) in [6, 6.07) is -1.23. The molecular formula is C12H21N3O4. The van der Waals surface area contributed by atoms with Crippen LogP contribution in [0, 0.1) is 5.92 Å². The van der Waals surface area contributed by atoms with Crippen LogP contribution in [0.15, 0.2) is 0 Å². The molecule has 0 saturated carbocycles. The SMILES string of the molecule is NC(=O)C[C@@H](NC(=O)CCC1CCCNC1)C(=O)O. The van der Waals surface area contributed by atoms with Crippen molar-refractivity contribution in [2.75, 3.05) is 13.1 Å². The number of aliphatic carboxylic acids is 1. The Hall–Kier alpha value is -1.63. The van der Waals surface area contributed by atoms with Crippen LogP contribution < -0.4 is 16.4 Å². The van der Waals surface area contributed by atoms with Crippen molar-refractivity contribution >= 4 is 17.8 Å². The molecule has 1 saturated heterocycles. The van der Waals surface area contributed by atoms with Gasteiger partial charge in [0.05, 0.1) is 6.42 Å². The van der Waals surface area contributed by atoms with Crippen LogP contribution in [-0.2, 0) is 14.4 Å². The van der Waals surface area contributed by atoms with Crippen LogP contribution in [0.25, 0.3) is 0 Å². The third kappa shape index (κ3) is 6.19. The van der Waals surface area contributed by atoms with Gasteiger partial charge in [0.15, 0.2) is 0 Å². The molecule has 7 heteroatoms. The van der Waals surface area contributed by atoms with E-state index in [4.69, 9.17) is 10.8 Å². The Balaban J connectivity index is 2.31. The Bertz CT molecular complexity index is 340. The number of carboxylic acids is 1. The maximum atomic E-state index is 11.6. The third-order valence-electron chi connectivity index (χ3n) is 3.22. The lowest BCUT2D eigenvalue weighted by Crippen LogP contribution is -2.43. The topological polar surface area (TPSA) is 122 Å². The maximum absolute atomic E-state index is 11.6. The number of carbonyl (C=O) groups excluding carboxylic acids is 2. The number of hydrogen-bond donors (Lipinski definition) is 4. The molecule has 0 aromatic heterocycles. The number of carboxylic acid groups (broad SMARTS) is 1. The molecule has 0 bridgehead atoms. The van der Waals surface area contributed by atoms with E-state index < -0.39 is 17.9 Å². The Morgan fingerprint density at radius 2 is 2.16 bits per heavy atom. The fourth-order valence-corrected chi connectivity index (χ4v) is 2.17. The predicted molar refractivity (Wildman–Crippen MR) is 68.2 cm³/mol. The highest BCUT2D eigenvalue weighted by Gasteiger charge is 2.22. The highest BCUT2D eigenvalue weighted by atomic mass is 16.4. The van der Waals surface area contributed by atoms with Crippen molar-refractivity contribution in [3.63, 3.8) is 0 Å². The van der Waals surface area contributed by atoms with Crippen molar-refractivity contribution < 1.29 is 19.5 Å². The van der Waals surface area contributed by atoms with Gasteiger partial charge in [0, 0.05) is 6.42 Å². The summed E-state index contributed by atoms with van der Waals surface area (Å²) in [7, 11) is 0. The van der Waals surface area contributed by atoms with Crippen LogP contribution in [0.1, 0.15) is 32.1 Å². The first-order chi connectivity index (χ1) is 8.99. The van der Waals surface area contributed by atoms with Crippen molar-refractivity contribution in [3.8, 4) is 0 Å². The number of hydrogen-bond acceptors (Lipinski definition) is 4. The number of primary amides is 1. The molecule has 2 atom stereocenters. The minimum absolute atomic E-state index is 0.273. The molecule has 0 aliphatic carbocycles. The van der Waals surface area contributed by atoms with E-state index in [-0.39, 0.29) is 18.7 Å². The number of piperidine rings is 1. The minimum atomic E-state index is -1.24. The summed E-state index contributed by atoms with van der Waals surface area (Å²) in [5.74, 6) is -1.88. The molecule has 0 aromatic carbocycles. The summed E-state index contributed by atoms with van der Waals surface area (Å²) < 4.78 is 0. The van der Waals surface area contributed by atoms with E-state index in [1.54, 1.807) is 0 Å². The van der Waals surface area contributed by atoms with E-state index in [1.165, 1.54) is 0 Å². The molecule has 0 aromatic rings. The Morgan fingerprint density at radius 1 is 1.42 bits per heavy atom. The summed E-state index contributed by atoms with van der Waals surface area (Å²) in [6.07, 6.45) is 2.80. The second-order valence-electron chi connectivity index (χ2n) is 4.88. The lowest BCUT2D eigenvalue weighted by molar-refractivity contribution is -0.143. The number of nitrogens with one attached hydrogen (secondary N) is 2. The Morgan fingerprint density at radius 3 is 2.68 bits per heavy atom. The second-order valence-corrected chi connectivity index (χ2v) is 4.88. The van der Waals surface area contributed by atoms with Gasteiger partial charge in [-0.1, -0.05) is 0 Å². The number of rotatable bonds is 7. The van der Waals surface area contributed by atoms with Gasteiger partial charge in [-0.3, -0.25) is 9.59 Å². The van der Waals surface area contributed by atoms with Crippen LogP contribution >= 0.6 is 0 Å². The molecule has 7 nitrogen and oxygen atoms in total. The van der Waals surface area contributed by atoms with Gasteiger partial charge in [-0.15, -0.1) is 0 Å². The summed E-state index contributed by atoms with van der Waals surface area (Å²) >= 11 is 0. The van der Waals surface area contributed by atoms with Crippen LogP contribution in [0.3, 0.4) is 0 Å². The zero-order valence-corrected chi connectivity index (χ0v) is 10.9. The quantitative estimate of drug-likeness (QED) is 0.483. The molecule has 1 aliphatic rings. The second kappa shape index (κ2) is 7.73. The van der Waals surface area contributed by atoms with Crippen LogP contribution in [0.4, 0.5) is 0 Å². The van der Waals surface area contributed by atoms with Gasteiger partial charge in [-0.05, 0) is 38.3 Å². The van der Waals surface area contributed by atoms with E-state index in [0.29, 0.717) is 5.92 Å². The first-order valence-corrected chi connectivity index (χ1v) is 6.50. The average molecular weight is 271 g/mol. The molecule has 2 amide bonds. The van der Waals surface area contributed by atoms with Gasteiger partial charge in [0.1, 0.15) is 6.04 Å². The summed E-state index contributed by atoms with van der Waals surface area (Å²) in [5.41, 5.74) is 4.94. The summed E-state index contributed by atoms with van der Waals surface area (Å²) in [6.45, 7) is 1.92. The smallest absolute Gasteiger partial charge is 0.326 e. The zero-order chi connectivity index (χ0) is 14.3. The van der Waals surface area contributed by atoms with Crippen molar-refractivity contribution in [2.24, 2.45) is 11.7 Å². The molecule has 0 radical (unpaired) electrons. The largest absolute Gasteiger partial charge is 0.480 e. The molecule has 108 valence electrons. The number of carbonyl (C=O) groups is 3. The van der Waals surface area contributed by atoms with Gasteiger partial charge in [0.25, 0.3) is 0 Å². The predicted octanol–water partition coefficient (Wildman–Crippen LogP) is -0.789. The zero-order valence-electron chi connectivity index (χ0n) is 10.9. The van der Waals surface area contributed by atoms with Crippen molar-refractivity contribution in [1.29, 1.82) is 0 Å². The molecule has 1 rings (SSSR count). The molecule has 1 fully saturated rings. The molecule has 1 unspecified atom stereocenters. The first kappa shape index (κ1) is 15.4. The minimum Gasteiger partial charge on any atom is -0.480 e. The lowest BCUT2D eigenvalue weighted by Gasteiger charge is -2.22. The van der Waals surface area contributed by atoms with E-state index >= 15 is 0 Å². The van der Waals surface area contributed by atoms with E-state index in [1.807, 2.05) is 0 Å².